The van der Waals surface area contributed by atoms with E-state index in [9.17, 15) is 22.4 Å². The normalized spacial score (nSPS) is 11.2. The number of aromatic amines is 1. The molecule has 0 spiro atoms. The first kappa shape index (κ1) is 21.7. The third-order valence-electron chi connectivity index (χ3n) is 4.29. The molecule has 2 heterocycles. The molecule has 12 heteroatoms. The van der Waals surface area contributed by atoms with Crippen LogP contribution < -0.4 is 15.4 Å². The zero-order chi connectivity index (χ0) is 23.4. The molecule has 0 aliphatic rings. The van der Waals surface area contributed by atoms with Crippen LogP contribution >= 0.6 is 0 Å². The fourth-order valence-electron chi connectivity index (χ4n) is 2.74. The summed E-state index contributed by atoms with van der Waals surface area (Å²) in [5, 5.41) is 11.1. The Morgan fingerprint density at radius 2 is 1.82 bits per heavy atom. The average Bonchev–Trinajstić information content (AvgIpc) is 3.31. The average molecular weight is 458 g/mol. The molecule has 4 aromatic rings. The van der Waals surface area contributed by atoms with Gasteiger partial charge in [-0.3, -0.25) is 5.10 Å². The van der Waals surface area contributed by atoms with Crippen molar-refractivity contribution >= 4 is 17.4 Å². The highest BCUT2D eigenvalue weighted by molar-refractivity contribution is 5.99. The molecule has 0 aliphatic heterocycles. The van der Waals surface area contributed by atoms with E-state index in [1.54, 1.807) is 18.5 Å². The lowest BCUT2D eigenvalue weighted by atomic mass is 10.2. The Labute approximate surface area is 183 Å². The monoisotopic (exact) mass is 458 g/mol. The van der Waals surface area contributed by atoms with Crippen molar-refractivity contribution in [3.05, 3.63) is 78.5 Å². The fourth-order valence-corrected chi connectivity index (χ4v) is 2.74. The molecule has 0 atom stereocenters. The van der Waals surface area contributed by atoms with Crippen LogP contribution in [0.2, 0.25) is 0 Å². The van der Waals surface area contributed by atoms with Crippen molar-refractivity contribution in [2.24, 2.45) is 0 Å². The summed E-state index contributed by atoms with van der Waals surface area (Å²) < 4.78 is 57.6. The van der Waals surface area contributed by atoms with Gasteiger partial charge in [0.25, 0.3) is 0 Å². The maximum absolute atomic E-state index is 14.2. The second-order valence-corrected chi connectivity index (χ2v) is 6.61. The zero-order valence-electron chi connectivity index (χ0n) is 16.5. The SMILES string of the molecule is O=C(Nc1ccc(C(F)(F)F)cc1)Nc1cc(Oc2nccc(-c3cn[nH]c3)n2)ccc1F. The number of nitrogens with zero attached hydrogens (tertiary/aromatic N) is 3. The van der Waals surface area contributed by atoms with Crippen molar-refractivity contribution in [2.45, 2.75) is 6.18 Å². The van der Waals surface area contributed by atoms with E-state index in [2.05, 4.69) is 30.8 Å². The summed E-state index contributed by atoms with van der Waals surface area (Å²) >= 11 is 0. The summed E-state index contributed by atoms with van der Waals surface area (Å²) in [5.41, 5.74) is 0.276. The quantitative estimate of drug-likeness (QED) is 0.345. The van der Waals surface area contributed by atoms with E-state index in [-0.39, 0.29) is 23.1 Å². The van der Waals surface area contributed by atoms with Crippen molar-refractivity contribution in [1.29, 1.82) is 0 Å². The smallest absolute Gasteiger partial charge is 0.416 e. The largest absolute Gasteiger partial charge is 0.424 e. The maximum atomic E-state index is 14.2. The summed E-state index contributed by atoms with van der Waals surface area (Å²) in [6.07, 6.45) is 0.194. The lowest BCUT2D eigenvalue weighted by Crippen LogP contribution is -2.20. The van der Waals surface area contributed by atoms with Gasteiger partial charge in [-0.25, -0.2) is 14.2 Å². The van der Waals surface area contributed by atoms with E-state index in [1.165, 1.54) is 18.3 Å². The molecule has 33 heavy (non-hydrogen) atoms. The zero-order valence-corrected chi connectivity index (χ0v) is 16.5. The number of anilines is 2. The van der Waals surface area contributed by atoms with Crippen molar-refractivity contribution in [3.63, 3.8) is 0 Å². The Kier molecular flexibility index (Phi) is 5.89. The van der Waals surface area contributed by atoms with Crippen LogP contribution in [-0.2, 0) is 6.18 Å². The number of hydrogen-bond donors (Lipinski definition) is 3. The number of halogens is 4. The van der Waals surface area contributed by atoms with E-state index in [0.29, 0.717) is 11.3 Å². The van der Waals surface area contributed by atoms with Crippen molar-refractivity contribution in [3.8, 4) is 23.0 Å². The number of benzene rings is 2. The van der Waals surface area contributed by atoms with Gasteiger partial charge in [-0.1, -0.05) is 0 Å². The Morgan fingerprint density at radius 1 is 1.03 bits per heavy atom. The number of carbonyl (C=O) groups excluding carboxylic acids is 1. The van der Waals surface area contributed by atoms with E-state index in [0.717, 1.165) is 30.3 Å². The van der Waals surface area contributed by atoms with Crippen LogP contribution in [0.5, 0.6) is 11.8 Å². The highest BCUT2D eigenvalue weighted by Gasteiger charge is 2.30. The van der Waals surface area contributed by atoms with Gasteiger partial charge >= 0.3 is 18.2 Å². The van der Waals surface area contributed by atoms with Gasteiger partial charge < -0.3 is 15.4 Å². The molecular weight excluding hydrogens is 444 g/mol. The van der Waals surface area contributed by atoms with Crippen LogP contribution in [0, 0.1) is 5.82 Å². The molecular formula is C21H14F4N6O2. The molecule has 0 bridgehead atoms. The molecule has 0 fully saturated rings. The predicted molar refractivity (Wildman–Crippen MR) is 110 cm³/mol. The molecule has 2 amide bonds. The topological polar surface area (TPSA) is 105 Å². The van der Waals surface area contributed by atoms with Crippen LogP contribution in [0.25, 0.3) is 11.3 Å². The number of aromatic nitrogens is 4. The van der Waals surface area contributed by atoms with Gasteiger partial charge in [0.15, 0.2) is 0 Å². The highest BCUT2D eigenvalue weighted by Crippen LogP contribution is 2.30. The van der Waals surface area contributed by atoms with Crippen molar-refractivity contribution in [1.82, 2.24) is 20.2 Å². The first-order valence-electron chi connectivity index (χ1n) is 9.33. The van der Waals surface area contributed by atoms with Gasteiger partial charge in [0.05, 0.1) is 23.1 Å². The van der Waals surface area contributed by atoms with Crippen LogP contribution in [0.4, 0.5) is 33.7 Å². The van der Waals surface area contributed by atoms with Crippen molar-refractivity contribution < 1.29 is 27.1 Å². The molecule has 0 saturated carbocycles. The van der Waals surface area contributed by atoms with Crippen LogP contribution in [0.3, 0.4) is 0 Å². The minimum atomic E-state index is -4.49. The number of ether oxygens (including phenoxy) is 1. The number of rotatable bonds is 5. The van der Waals surface area contributed by atoms with Gasteiger partial charge in [0.2, 0.25) is 0 Å². The fraction of sp³-hybridized carbons (Fsp3) is 0.0476. The lowest BCUT2D eigenvalue weighted by Gasteiger charge is -2.11. The molecule has 168 valence electrons. The van der Waals surface area contributed by atoms with Crippen LogP contribution in [0.1, 0.15) is 5.56 Å². The molecule has 8 nitrogen and oxygen atoms in total. The van der Waals surface area contributed by atoms with E-state index in [4.69, 9.17) is 4.74 Å². The third kappa shape index (κ3) is 5.42. The summed E-state index contributed by atoms with van der Waals surface area (Å²) in [6.45, 7) is 0. The summed E-state index contributed by atoms with van der Waals surface area (Å²) in [4.78, 5) is 20.4. The number of alkyl halides is 3. The highest BCUT2D eigenvalue weighted by atomic mass is 19.4. The van der Waals surface area contributed by atoms with Crippen molar-refractivity contribution in [2.75, 3.05) is 10.6 Å². The minimum Gasteiger partial charge on any atom is -0.424 e. The molecule has 2 aromatic heterocycles. The van der Waals surface area contributed by atoms with Crippen LogP contribution in [0.15, 0.2) is 67.1 Å². The Balaban J connectivity index is 1.44. The Morgan fingerprint density at radius 3 is 2.52 bits per heavy atom. The Hall–Kier alpha value is -4.48. The first-order chi connectivity index (χ1) is 15.8. The van der Waals surface area contributed by atoms with E-state index < -0.39 is 23.6 Å². The first-order valence-corrected chi connectivity index (χ1v) is 9.33. The Bertz CT molecular complexity index is 1260. The summed E-state index contributed by atoms with van der Waals surface area (Å²) in [5.74, 6) is -0.608. The minimum absolute atomic E-state index is 0.0135. The van der Waals surface area contributed by atoms with Gasteiger partial charge in [0.1, 0.15) is 11.6 Å². The lowest BCUT2D eigenvalue weighted by molar-refractivity contribution is -0.137. The van der Waals surface area contributed by atoms with Gasteiger partial charge in [-0.15, -0.1) is 0 Å². The van der Waals surface area contributed by atoms with Gasteiger partial charge in [-0.05, 0) is 42.5 Å². The number of urea groups is 1. The van der Waals surface area contributed by atoms with E-state index in [1.807, 2.05) is 0 Å². The number of carbonyl (C=O) groups is 1. The number of hydrogen-bond acceptors (Lipinski definition) is 5. The second-order valence-electron chi connectivity index (χ2n) is 6.61. The number of nitrogens with one attached hydrogen (secondary N) is 3. The number of H-pyrrole nitrogens is 1. The van der Waals surface area contributed by atoms with Crippen LogP contribution in [-0.4, -0.2) is 26.2 Å². The third-order valence-corrected chi connectivity index (χ3v) is 4.29. The summed E-state index contributed by atoms with van der Waals surface area (Å²) in [6, 6.07) is 8.21. The number of amides is 2. The standard InChI is InChI=1S/C21H14F4N6O2/c22-16-6-5-15(33-20-26-8-7-17(31-20)12-10-27-28-11-12)9-18(16)30-19(32)29-14-3-1-13(2-4-14)21(23,24)25/h1-11H,(H,27,28)(H2,29,30,32). The molecule has 2 aromatic carbocycles. The molecule has 0 radical (unpaired) electrons. The van der Waals surface area contributed by atoms with Gasteiger partial charge in [-0.2, -0.15) is 23.3 Å². The molecule has 0 unspecified atom stereocenters. The summed E-state index contributed by atoms with van der Waals surface area (Å²) in [7, 11) is 0. The maximum Gasteiger partial charge on any atom is 0.416 e. The molecule has 0 aliphatic carbocycles. The second kappa shape index (κ2) is 8.94. The molecule has 0 saturated heterocycles. The predicted octanol–water partition coefficient (Wildman–Crippen LogP) is 5.46. The van der Waals surface area contributed by atoms with E-state index >= 15 is 0 Å². The van der Waals surface area contributed by atoms with Gasteiger partial charge in [0, 0.05) is 29.7 Å². The molecule has 4 rings (SSSR count). The molecule has 3 N–H and O–H groups in total.